The Morgan fingerprint density at radius 1 is 1.23 bits per heavy atom. The number of carbonyl (C=O) groups excluding carboxylic acids is 1. The molecule has 3 rings (SSSR count). The van der Waals surface area contributed by atoms with Crippen LogP contribution in [0, 0.1) is 5.41 Å². The first-order valence-electron chi connectivity index (χ1n) is 10.6. The van der Waals surface area contributed by atoms with Gasteiger partial charge in [-0.1, -0.05) is 38.1 Å². The molecule has 0 bridgehead atoms. The molecule has 1 heterocycles. The molecule has 0 spiro atoms. The zero-order valence-electron chi connectivity index (χ0n) is 18.0. The van der Waals surface area contributed by atoms with Crippen LogP contribution in [0.4, 0.5) is 0 Å². The van der Waals surface area contributed by atoms with Crippen molar-refractivity contribution in [1.82, 2.24) is 0 Å². The third kappa shape index (κ3) is 6.25. The van der Waals surface area contributed by atoms with Gasteiger partial charge in [0.15, 0.2) is 12.1 Å². The summed E-state index contributed by atoms with van der Waals surface area (Å²) in [4.78, 5) is 22.8. The average molecular weight is 417 g/mol. The maximum atomic E-state index is 12.1. The summed E-state index contributed by atoms with van der Waals surface area (Å²) in [5, 5.41) is 10.5. The molecule has 1 saturated heterocycles. The van der Waals surface area contributed by atoms with Crippen LogP contribution in [0.25, 0.3) is 6.08 Å². The molecule has 6 nitrogen and oxygen atoms in total. The lowest BCUT2D eigenvalue weighted by Gasteiger charge is -2.31. The number of allylic oxidation sites excluding steroid dienone is 1. The first kappa shape index (κ1) is 22.7. The lowest BCUT2D eigenvalue weighted by molar-refractivity contribution is -0.325. The zero-order chi connectivity index (χ0) is 21.6. The molecule has 1 aliphatic heterocycles. The maximum Gasteiger partial charge on any atom is 0.199 e. The number of ketones is 1. The van der Waals surface area contributed by atoms with E-state index in [1.807, 2.05) is 50.3 Å². The van der Waals surface area contributed by atoms with Crippen LogP contribution in [0.15, 0.2) is 42.0 Å². The Kier molecular flexibility index (Phi) is 7.83. The molecule has 0 aromatic heterocycles. The van der Waals surface area contributed by atoms with Crippen molar-refractivity contribution in [2.45, 2.75) is 65.0 Å². The predicted octanol–water partition coefficient (Wildman–Crippen LogP) is 4.23. The van der Waals surface area contributed by atoms with Crippen LogP contribution in [0.1, 0.15) is 52.0 Å². The minimum absolute atomic E-state index is 0.0209. The lowest BCUT2D eigenvalue weighted by atomic mass is 9.80. The Hall–Kier alpha value is -1.99. The topological polar surface area (TPSA) is 74.2 Å². The van der Waals surface area contributed by atoms with Gasteiger partial charge in [-0.3, -0.25) is 4.79 Å². The number of ether oxygens (including phenoxy) is 2. The van der Waals surface area contributed by atoms with Gasteiger partial charge >= 0.3 is 0 Å². The Balaban J connectivity index is 1.46. The molecule has 1 fully saturated rings. The third-order valence-electron chi connectivity index (χ3n) is 5.52. The van der Waals surface area contributed by atoms with E-state index in [4.69, 9.17) is 19.2 Å². The molecule has 164 valence electrons. The molecule has 1 aromatic carbocycles. The fraction of sp³-hybridized carbons (Fsp3) is 0.542. The smallest absolute Gasteiger partial charge is 0.199 e. The summed E-state index contributed by atoms with van der Waals surface area (Å²) >= 11 is 0. The van der Waals surface area contributed by atoms with E-state index < -0.39 is 17.6 Å². The average Bonchev–Trinajstić information content (AvgIpc) is 2.80. The van der Waals surface area contributed by atoms with E-state index in [2.05, 4.69) is 0 Å². The van der Waals surface area contributed by atoms with Gasteiger partial charge in [-0.25, -0.2) is 9.78 Å². The molecule has 3 unspecified atom stereocenters. The van der Waals surface area contributed by atoms with Crippen molar-refractivity contribution in [3.63, 3.8) is 0 Å². The molecule has 0 saturated carbocycles. The number of aliphatic hydroxyl groups excluding tert-OH is 1. The minimum Gasteiger partial charge on any atom is -0.465 e. The van der Waals surface area contributed by atoms with E-state index in [0.29, 0.717) is 5.57 Å². The van der Waals surface area contributed by atoms with Crippen LogP contribution >= 0.6 is 0 Å². The molecular weight excluding hydrogens is 384 g/mol. The number of aliphatic hydroxyl groups is 1. The molecule has 1 aliphatic carbocycles. The second kappa shape index (κ2) is 10.4. The zero-order valence-corrected chi connectivity index (χ0v) is 18.0. The predicted molar refractivity (Wildman–Crippen MR) is 114 cm³/mol. The number of hydrogen-bond donors (Lipinski definition) is 1. The van der Waals surface area contributed by atoms with Crippen LogP contribution in [-0.2, 0) is 19.3 Å². The second-order valence-corrected chi connectivity index (χ2v) is 8.61. The van der Waals surface area contributed by atoms with Gasteiger partial charge in [0, 0.05) is 18.3 Å². The molecule has 0 amide bonds. The molecule has 6 heteroatoms. The van der Waals surface area contributed by atoms with E-state index in [1.165, 1.54) is 0 Å². The maximum absolute atomic E-state index is 12.1. The van der Waals surface area contributed by atoms with E-state index in [-0.39, 0.29) is 25.1 Å². The van der Waals surface area contributed by atoms with Crippen molar-refractivity contribution in [2.75, 3.05) is 13.2 Å². The third-order valence-corrected chi connectivity index (χ3v) is 5.52. The van der Waals surface area contributed by atoms with E-state index in [0.717, 1.165) is 37.2 Å². The van der Waals surface area contributed by atoms with Crippen molar-refractivity contribution in [3.05, 3.63) is 47.6 Å². The number of benzene rings is 1. The van der Waals surface area contributed by atoms with Gasteiger partial charge < -0.3 is 14.6 Å². The first-order valence-corrected chi connectivity index (χ1v) is 10.6. The molecule has 1 N–H and O–H groups in total. The molecule has 1 aromatic rings. The summed E-state index contributed by atoms with van der Waals surface area (Å²) < 4.78 is 11.4. The van der Waals surface area contributed by atoms with E-state index in [9.17, 15) is 9.90 Å². The Morgan fingerprint density at radius 2 is 2.00 bits per heavy atom. The summed E-state index contributed by atoms with van der Waals surface area (Å²) in [5.41, 5.74) is 1.01. The number of Topliss-reactive ketones (excluding diaryl/α,β-unsaturated/α-hetero) is 1. The summed E-state index contributed by atoms with van der Waals surface area (Å²) in [7, 11) is 0. The van der Waals surface area contributed by atoms with Gasteiger partial charge in [-0.15, -0.1) is 0 Å². The molecule has 30 heavy (non-hydrogen) atoms. The highest BCUT2D eigenvalue weighted by Crippen LogP contribution is 2.33. The van der Waals surface area contributed by atoms with Gasteiger partial charge in [0.25, 0.3) is 0 Å². The largest absolute Gasteiger partial charge is 0.465 e. The monoisotopic (exact) mass is 416 g/mol. The quantitative estimate of drug-likeness (QED) is 0.407. The van der Waals surface area contributed by atoms with Crippen LogP contribution < -0.4 is 4.74 Å². The highest BCUT2D eigenvalue weighted by atomic mass is 17.2. The fourth-order valence-corrected chi connectivity index (χ4v) is 3.57. The van der Waals surface area contributed by atoms with E-state index >= 15 is 0 Å². The summed E-state index contributed by atoms with van der Waals surface area (Å²) in [6.07, 6.45) is 7.16. The highest BCUT2D eigenvalue weighted by molar-refractivity contribution is 5.95. The number of rotatable bonds is 7. The summed E-state index contributed by atoms with van der Waals surface area (Å²) in [6, 6.07) is 7.77. The Labute approximate surface area is 178 Å². The van der Waals surface area contributed by atoms with Crippen LogP contribution in [-0.4, -0.2) is 42.6 Å². The van der Waals surface area contributed by atoms with Gasteiger partial charge in [-0.05, 0) is 49.1 Å². The fourth-order valence-electron chi connectivity index (χ4n) is 3.57. The Bertz CT molecular complexity index is 758. The van der Waals surface area contributed by atoms with Crippen molar-refractivity contribution < 1.29 is 29.1 Å². The molecular formula is C24H32O6. The van der Waals surface area contributed by atoms with Crippen molar-refractivity contribution in [1.29, 1.82) is 0 Å². The van der Waals surface area contributed by atoms with Gasteiger partial charge in [0.05, 0.1) is 12.7 Å². The van der Waals surface area contributed by atoms with E-state index in [1.54, 1.807) is 13.0 Å². The normalized spacial score (nSPS) is 27.0. The lowest BCUT2D eigenvalue weighted by Crippen LogP contribution is -2.39. The number of hydrogen-bond acceptors (Lipinski definition) is 6. The summed E-state index contributed by atoms with van der Waals surface area (Å²) in [5.74, 6) is 0.813. The van der Waals surface area contributed by atoms with Crippen LogP contribution in [0.3, 0.4) is 0 Å². The van der Waals surface area contributed by atoms with Gasteiger partial charge in [0.1, 0.15) is 18.5 Å². The summed E-state index contributed by atoms with van der Waals surface area (Å²) in [6.45, 7) is 6.42. The van der Waals surface area contributed by atoms with Crippen molar-refractivity contribution >= 4 is 11.9 Å². The molecule has 3 atom stereocenters. The van der Waals surface area contributed by atoms with Crippen molar-refractivity contribution in [3.8, 4) is 5.75 Å². The standard InChI is InChI=1S/C24H32O6/c1-17-15-21(23(26)24(2,3)16-20(17)25)30-28-14-6-7-18-9-11-19(12-10-18)29-22-8-4-5-13-27-22/h6-7,9-12,15,21-23,26H,4-5,8,13-14,16H2,1-3H3. The van der Waals surface area contributed by atoms with Gasteiger partial charge in [0.2, 0.25) is 0 Å². The Morgan fingerprint density at radius 3 is 2.70 bits per heavy atom. The molecule has 0 radical (unpaired) electrons. The second-order valence-electron chi connectivity index (χ2n) is 8.61. The van der Waals surface area contributed by atoms with Crippen LogP contribution in [0.2, 0.25) is 0 Å². The van der Waals surface area contributed by atoms with Gasteiger partial charge in [-0.2, -0.15) is 0 Å². The van der Waals surface area contributed by atoms with Crippen LogP contribution in [0.5, 0.6) is 5.75 Å². The highest BCUT2D eigenvalue weighted by Gasteiger charge is 2.39. The SMILES string of the molecule is CC1=CC(OOCC=Cc2ccc(OC3CCCCO3)cc2)C(O)C(C)(C)CC1=O. The minimum atomic E-state index is -0.830. The first-order chi connectivity index (χ1) is 14.3. The molecule has 2 aliphatic rings. The number of carbonyl (C=O) groups is 1. The van der Waals surface area contributed by atoms with Crippen molar-refractivity contribution in [2.24, 2.45) is 5.41 Å².